The van der Waals surface area contributed by atoms with Gasteiger partial charge in [-0.05, 0) is 39.8 Å². The molecule has 0 radical (unpaired) electrons. The van der Waals surface area contributed by atoms with Gasteiger partial charge < -0.3 is 15.4 Å². The summed E-state index contributed by atoms with van der Waals surface area (Å²) in [4.78, 5) is 7.05. The van der Waals surface area contributed by atoms with Gasteiger partial charge >= 0.3 is 0 Å². The normalized spacial score (nSPS) is 14.5. The highest BCUT2D eigenvalue weighted by Gasteiger charge is 2.10. The zero-order valence-electron chi connectivity index (χ0n) is 15.9. The second kappa shape index (κ2) is 11.9. The van der Waals surface area contributed by atoms with Gasteiger partial charge in [-0.3, -0.25) is 9.89 Å². The average Bonchev–Trinajstić information content (AvgIpc) is 2.56. The van der Waals surface area contributed by atoms with Crippen LogP contribution < -0.4 is 10.6 Å². The molecule has 2 atom stereocenters. The fraction of sp³-hybridized carbons (Fsp3) is 0.632. The van der Waals surface area contributed by atoms with Crippen molar-refractivity contribution in [3.8, 4) is 0 Å². The minimum Gasteiger partial charge on any atom is -0.383 e. The van der Waals surface area contributed by atoms with E-state index in [2.05, 4.69) is 78.7 Å². The Bertz CT molecular complexity index is 464. The second-order valence-corrected chi connectivity index (χ2v) is 6.30. The van der Waals surface area contributed by atoms with Crippen LogP contribution >= 0.6 is 0 Å². The molecule has 0 aliphatic carbocycles. The number of nitrogens with one attached hydrogen (secondary N) is 2. The summed E-state index contributed by atoms with van der Waals surface area (Å²) < 4.78 is 5.16. The van der Waals surface area contributed by atoms with E-state index >= 15 is 0 Å². The molecule has 2 unspecified atom stereocenters. The molecule has 1 aromatic rings. The van der Waals surface area contributed by atoms with Crippen molar-refractivity contribution in [2.24, 2.45) is 4.99 Å². The van der Waals surface area contributed by atoms with E-state index in [0.717, 1.165) is 32.0 Å². The number of guanidine groups is 1. The highest BCUT2D eigenvalue weighted by molar-refractivity contribution is 5.80. The van der Waals surface area contributed by atoms with Crippen LogP contribution in [0, 0.1) is 0 Å². The van der Waals surface area contributed by atoms with Crippen LogP contribution in [-0.2, 0) is 11.3 Å². The number of methoxy groups -OCH3 is 1. The Morgan fingerprint density at radius 3 is 2.58 bits per heavy atom. The van der Waals surface area contributed by atoms with E-state index in [-0.39, 0.29) is 6.04 Å². The first-order valence-electron chi connectivity index (χ1n) is 8.84. The number of aliphatic imine (C=N–C) groups is 1. The van der Waals surface area contributed by atoms with Gasteiger partial charge in [-0.2, -0.15) is 0 Å². The Kier molecular flexibility index (Phi) is 10.1. The van der Waals surface area contributed by atoms with Gasteiger partial charge in [0.25, 0.3) is 0 Å². The highest BCUT2D eigenvalue weighted by Crippen LogP contribution is 2.08. The van der Waals surface area contributed by atoms with Crippen LogP contribution in [0.4, 0.5) is 0 Å². The van der Waals surface area contributed by atoms with Gasteiger partial charge in [0.15, 0.2) is 5.96 Å². The molecule has 2 N–H and O–H groups in total. The standard InChI is InChI=1S/C19H34N4O/c1-6-20-19(22-16(2)15-24-5)21-13-12-17(3)23(4)14-18-10-8-7-9-11-18/h7-11,16-17H,6,12-15H2,1-5H3,(H2,20,21,22). The lowest BCUT2D eigenvalue weighted by molar-refractivity contribution is 0.179. The molecule has 5 nitrogen and oxygen atoms in total. The Morgan fingerprint density at radius 1 is 1.25 bits per heavy atom. The molecule has 0 amide bonds. The molecule has 1 aromatic carbocycles. The van der Waals surface area contributed by atoms with E-state index in [1.54, 1.807) is 7.11 Å². The quantitative estimate of drug-likeness (QED) is 0.510. The summed E-state index contributed by atoms with van der Waals surface area (Å²) in [7, 11) is 3.89. The molecule has 5 heteroatoms. The van der Waals surface area contributed by atoms with Crippen molar-refractivity contribution in [3.63, 3.8) is 0 Å². The largest absolute Gasteiger partial charge is 0.383 e. The van der Waals surface area contributed by atoms with Gasteiger partial charge in [-0.1, -0.05) is 30.3 Å². The van der Waals surface area contributed by atoms with Crippen LogP contribution in [0.1, 0.15) is 32.8 Å². The molecule has 0 saturated carbocycles. The lowest BCUT2D eigenvalue weighted by Gasteiger charge is -2.24. The Morgan fingerprint density at radius 2 is 1.96 bits per heavy atom. The molecule has 0 fully saturated rings. The lowest BCUT2D eigenvalue weighted by atomic mass is 10.1. The maximum Gasteiger partial charge on any atom is 0.191 e. The second-order valence-electron chi connectivity index (χ2n) is 6.30. The van der Waals surface area contributed by atoms with Gasteiger partial charge in [0.1, 0.15) is 0 Å². The van der Waals surface area contributed by atoms with E-state index in [1.807, 2.05) is 0 Å². The summed E-state index contributed by atoms with van der Waals surface area (Å²) >= 11 is 0. The van der Waals surface area contributed by atoms with E-state index in [9.17, 15) is 0 Å². The summed E-state index contributed by atoms with van der Waals surface area (Å²) in [5, 5.41) is 6.65. The maximum absolute atomic E-state index is 5.16. The first-order chi connectivity index (χ1) is 11.6. The third-order valence-electron chi connectivity index (χ3n) is 3.99. The maximum atomic E-state index is 5.16. The van der Waals surface area contributed by atoms with Crippen molar-refractivity contribution in [2.75, 3.05) is 33.9 Å². The molecule has 0 aromatic heterocycles. The van der Waals surface area contributed by atoms with Crippen LogP contribution in [0.2, 0.25) is 0 Å². The molecular formula is C19H34N4O. The third-order valence-corrected chi connectivity index (χ3v) is 3.99. The summed E-state index contributed by atoms with van der Waals surface area (Å²) in [6, 6.07) is 11.3. The summed E-state index contributed by atoms with van der Waals surface area (Å²) in [6.45, 7) is 9.72. The van der Waals surface area contributed by atoms with Gasteiger partial charge in [0.2, 0.25) is 0 Å². The molecule has 136 valence electrons. The minimum atomic E-state index is 0.242. The number of rotatable bonds is 10. The first-order valence-corrected chi connectivity index (χ1v) is 8.84. The highest BCUT2D eigenvalue weighted by atomic mass is 16.5. The van der Waals surface area contributed by atoms with Crippen LogP contribution in [0.25, 0.3) is 0 Å². The number of nitrogens with zero attached hydrogens (tertiary/aromatic N) is 2. The van der Waals surface area contributed by atoms with Crippen LogP contribution in [0.3, 0.4) is 0 Å². The Balaban J connectivity index is 2.43. The van der Waals surface area contributed by atoms with Crippen LogP contribution in [0.15, 0.2) is 35.3 Å². The van der Waals surface area contributed by atoms with Crippen molar-refractivity contribution in [2.45, 2.75) is 45.8 Å². The molecule has 0 bridgehead atoms. The zero-order valence-corrected chi connectivity index (χ0v) is 15.9. The van der Waals surface area contributed by atoms with Crippen LogP contribution in [0.5, 0.6) is 0 Å². The smallest absolute Gasteiger partial charge is 0.191 e. The molecule has 0 aliphatic heterocycles. The van der Waals surface area contributed by atoms with E-state index < -0.39 is 0 Å². The summed E-state index contributed by atoms with van der Waals surface area (Å²) in [5.74, 6) is 0.861. The monoisotopic (exact) mass is 334 g/mol. The number of benzene rings is 1. The molecule has 24 heavy (non-hydrogen) atoms. The Labute approximate surface area is 147 Å². The van der Waals surface area contributed by atoms with Crippen molar-refractivity contribution < 1.29 is 4.74 Å². The zero-order chi connectivity index (χ0) is 17.8. The lowest BCUT2D eigenvalue weighted by Crippen LogP contribution is -2.44. The topological polar surface area (TPSA) is 48.9 Å². The number of ether oxygens (including phenoxy) is 1. The molecule has 1 rings (SSSR count). The van der Waals surface area contributed by atoms with Crippen LogP contribution in [-0.4, -0.2) is 56.8 Å². The predicted octanol–water partition coefficient (Wildman–Crippen LogP) is 2.49. The van der Waals surface area contributed by atoms with E-state index in [0.29, 0.717) is 12.6 Å². The van der Waals surface area contributed by atoms with Crippen molar-refractivity contribution in [1.82, 2.24) is 15.5 Å². The number of hydrogen-bond acceptors (Lipinski definition) is 3. The molecular weight excluding hydrogens is 300 g/mol. The van der Waals surface area contributed by atoms with E-state index in [4.69, 9.17) is 4.74 Å². The fourth-order valence-corrected chi connectivity index (χ4v) is 2.46. The molecule has 0 heterocycles. The predicted molar refractivity (Wildman–Crippen MR) is 102 cm³/mol. The minimum absolute atomic E-state index is 0.242. The Hall–Kier alpha value is -1.59. The molecule has 0 spiro atoms. The van der Waals surface area contributed by atoms with Gasteiger partial charge in [-0.15, -0.1) is 0 Å². The van der Waals surface area contributed by atoms with Gasteiger partial charge in [-0.25, -0.2) is 0 Å². The first kappa shape index (κ1) is 20.5. The van der Waals surface area contributed by atoms with Gasteiger partial charge in [0, 0.05) is 38.8 Å². The SMILES string of the molecule is CCNC(=NCCC(C)N(C)Cc1ccccc1)NC(C)COC. The molecule has 0 saturated heterocycles. The fourth-order valence-electron chi connectivity index (χ4n) is 2.46. The van der Waals surface area contributed by atoms with E-state index in [1.165, 1.54) is 5.56 Å². The summed E-state index contributed by atoms with van der Waals surface area (Å²) in [5.41, 5.74) is 1.35. The average molecular weight is 335 g/mol. The number of hydrogen-bond donors (Lipinski definition) is 2. The summed E-state index contributed by atoms with van der Waals surface area (Å²) in [6.07, 6.45) is 1.03. The van der Waals surface area contributed by atoms with Crippen molar-refractivity contribution in [1.29, 1.82) is 0 Å². The molecule has 0 aliphatic rings. The van der Waals surface area contributed by atoms with Crippen molar-refractivity contribution in [3.05, 3.63) is 35.9 Å². The van der Waals surface area contributed by atoms with Crippen molar-refractivity contribution >= 4 is 5.96 Å². The third kappa shape index (κ3) is 8.31. The van der Waals surface area contributed by atoms with Gasteiger partial charge in [0.05, 0.1) is 6.61 Å².